The fourth-order valence-electron chi connectivity index (χ4n) is 2.30. The van der Waals surface area contributed by atoms with E-state index < -0.39 is 5.97 Å². The minimum absolute atomic E-state index is 0. The fourth-order valence-corrected chi connectivity index (χ4v) is 2.30. The third-order valence-corrected chi connectivity index (χ3v) is 3.70. The molecule has 23 heavy (non-hydrogen) atoms. The summed E-state index contributed by atoms with van der Waals surface area (Å²) in [6, 6.07) is 6.58. The molecule has 0 saturated heterocycles. The van der Waals surface area contributed by atoms with Crippen LogP contribution in [0.4, 0.5) is 0 Å². The Kier molecular flexibility index (Phi) is 13.1. The second-order valence-electron chi connectivity index (χ2n) is 5.65. The summed E-state index contributed by atoms with van der Waals surface area (Å²) in [6.07, 6.45) is 8.97. The first-order valence-corrected chi connectivity index (χ1v) is 8.22. The quantitative estimate of drug-likeness (QED) is 0.474. The minimum Gasteiger partial charge on any atom is -1.00 e. The molecular formula is C18H28NNaO3. The van der Waals surface area contributed by atoms with E-state index in [1.807, 2.05) is 0 Å². The Morgan fingerprint density at radius 2 is 1.57 bits per heavy atom. The third kappa shape index (κ3) is 10.5. The average molecular weight is 329 g/mol. The summed E-state index contributed by atoms with van der Waals surface area (Å²) in [6.45, 7) is 2.66. The zero-order valence-electron chi connectivity index (χ0n) is 15.4. The van der Waals surface area contributed by atoms with Crippen molar-refractivity contribution in [3.8, 4) is 0 Å². The van der Waals surface area contributed by atoms with E-state index in [-0.39, 0.29) is 42.5 Å². The van der Waals surface area contributed by atoms with Crippen LogP contribution < -0.4 is 34.9 Å². The maximum Gasteiger partial charge on any atom is 1.00 e. The Balaban J connectivity index is 0. The van der Waals surface area contributed by atoms with Crippen LogP contribution in [0.25, 0.3) is 0 Å². The van der Waals surface area contributed by atoms with Crippen LogP contribution in [-0.4, -0.2) is 17.0 Å². The van der Waals surface area contributed by atoms with Crippen LogP contribution >= 0.6 is 0 Å². The van der Waals surface area contributed by atoms with Gasteiger partial charge in [0.15, 0.2) is 0 Å². The molecule has 0 aromatic heterocycles. The van der Waals surface area contributed by atoms with Crippen molar-refractivity contribution < 1.29 is 45.7 Å². The molecule has 0 radical (unpaired) electrons. The molecule has 1 aromatic rings. The molecule has 124 valence electrons. The Bertz CT molecular complexity index is 466. The van der Waals surface area contributed by atoms with Gasteiger partial charge in [-0.25, -0.2) is 4.79 Å². The van der Waals surface area contributed by atoms with Crippen molar-refractivity contribution in [1.29, 1.82) is 0 Å². The number of carbonyl (C=O) groups is 2. The van der Waals surface area contributed by atoms with Gasteiger partial charge in [-0.1, -0.05) is 57.6 Å². The first kappa shape index (κ1) is 22.2. The number of carboxylic acids is 1. The van der Waals surface area contributed by atoms with Crippen LogP contribution in [0, 0.1) is 0 Å². The van der Waals surface area contributed by atoms with Crippen molar-refractivity contribution in [3.63, 3.8) is 0 Å². The number of carboxylic acid groups (broad SMARTS) is 1. The standard InChI is InChI=1S/C18H27NO3.Na.H/c1-2-3-4-5-6-7-8-9-17(20)19-14-15-10-12-16(13-11-15)18(21)22;;/h10-13H,2-9,14H2,1H3,(H,19,20)(H,21,22);;/q;+1;-1. The summed E-state index contributed by atoms with van der Waals surface area (Å²) in [5.41, 5.74) is 1.18. The van der Waals surface area contributed by atoms with Gasteiger partial charge in [-0.15, -0.1) is 0 Å². The maximum atomic E-state index is 11.7. The number of hydrogen-bond acceptors (Lipinski definition) is 2. The normalized spacial score (nSPS) is 9.96. The molecular weight excluding hydrogens is 301 g/mol. The van der Waals surface area contributed by atoms with Crippen molar-refractivity contribution in [3.05, 3.63) is 35.4 Å². The molecule has 0 unspecified atom stereocenters. The summed E-state index contributed by atoms with van der Waals surface area (Å²) in [4.78, 5) is 22.5. The smallest absolute Gasteiger partial charge is 1.00 e. The van der Waals surface area contributed by atoms with Gasteiger partial charge in [-0.05, 0) is 24.1 Å². The number of unbranched alkanes of at least 4 members (excludes halogenated alkanes) is 6. The van der Waals surface area contributed by atoms with E-state index in [1.54, 1.807) is 24.3 Å². The van der Waals surface area contributed by atoms with Gasteiger partial charge in [-0.2, -0.15) is 0 Å². The fraction of sp³-hybridized carbons (Fsp3) is 0.556. The SMILES string of the molecule is CCCCCCCCCC(=O)NCc1ccc(C(=O)O)cc1.[H-].[Na+]. The molecule has 4 nitrogen and oxygen atoms in total. The topological polar surface area (TPSA) is 66.4 Å². The second-order valence-corrected chi connectivity index (χ2v) is 5.65. The predicted molar refractivity (Wildman–Crippen MR) is 89.0 cm³/mol. The van der Waals surface area contributed by atoms with Gasteiger partial charge < -0.3 is 11.8 Å². The van der Waals surface area contributed by atoms with E-state index >= 15 is 0 Å². The average Bonchev–Trinajstić information content (AvgIpc) is 2.52. The molecule has 1 amide bonds. The number of aromatic carboxylic acids is 1. The number of amides is 1. The van der Waals surface area contributed by atoms with Gasteiger partial charge in [0.05, 0.1) is 5.56 Å². The monoisotopic (exact) mass is 329 g/mol. The molecule has 0 aliphatic rings. The molecule has 0 aliphatic carbocycles. The number of carbonyl (C=O) groups excluding carboxylic acids is 1. The van der Waals surface area contributed by atoms with Crippen molar-refractivity contribution in [2.24, 2.45) is 0 Å². The molecule has 1 aromatic carbocycles. The zero-order chi connectivity index (χ0) is 16.2. The van der Waals surface area contributed by atoms with E-state index in [0.29, 0.717) is 13.0 Å². The van der Waals surface area contributed by atoms with Crippen molar-refractivity contribution in [2.45, 2.75) is 64.8 Å². The van der Waals surface area contributed by atoms with Crippen LogP contribution in [0.3, 0.4) is 0 Å². The third-order valence-electron chi connectivity index (χ3n) is 3.70. The molecule has 1 rings (SSSR count). The number of nitrogens with one attached hydrogen (secondary N) is 1. The Morgan fingerprint density at radius 3 is 2.13 bits per heavy atom. The first-order chi connectivity index (χ1) is 10.6. The first-order valence-electron chi connectivity index (χ1n) is 8.22. The largest absolute Gasteiger partial charge is 1.00 e. The molecule has 2 N–H and O–H groups in total. The van der Waals surface area contributed by atoms with Gasteiger partial charge in [0, 0.05) is 13.0 Å². The Labute approximate surface area is 162 Å². The summed E-state index contributed by atoms with van der Waals surface area (Å²) in [7, 11) is 0. The van der Waals surface area contributed by atoms with E-state index in [9.17, 15) is 9.59 Å². The number of hydrogen-bond donors (Lipinski definition) is 2. The minimum atomic E-state index is -0.936. The van der Waals surface area contributed by atoms with Crippen molar-refractivity contribution in [2.75, 3.05) is 0 Å². The summed E-state index contributed by atoms with van der Waals surface area (Å²) < 4.78 is 0. The van der Waals surface area contributed by atoms with Crippen LogP contribution in [0.15, 0.2) is 24.3 Å². The summed E-state index contributed by atoms with van der Waals surface area (Å²) in [5, 5.41) is 11.7. The molecule has 0 spiro atoms. The molecule has 0 atom stereocenters. The molecule has 0 bridgehead atoms. The van der Waals surface area contributed by atoms with E-state index in [0.717, 1.165) is 18.4 Å². The molecule has 5 heteroatoms. The van der Waals surface area contributed by atoms with Crippen molar-refractivity contribution in [1.82, 2.24) is 5.32 Å². The van der Waals surface area contributed by atoms with E-state index in [2.05, 4.69) is 12.2 Å². The van der Waals surface area contributed by atoms with Gasteiger partial charge in [-0.3, -0.25) is 4.79 Å². The Morgan fingerprint density at radius 1 is 1.00 bits per heavy atom. The number of rotatable bonds is 11. The van der Waals surface area contributed by atoms with Crippen LogP contribution in [0.1, 0.15) is 75.6 Å². The van der Waals surface area contributed by atoms with Gasteiger partial charge in [0.1, 0.15) is 0 Å². The summed E-state index contributed by atoms with van der Waals surface area (Å²) in [5.74, 6) is -0.870. The molecule has 0 aliphatic heterocycles. The second kappa shape index (κ2) is 13.6. The molecule has 0 heterocycles. The zero-order valence-corrected chi connectivity index (χ0v) is 16.4. The predicted octanol–water partition coefficient (Wildman–Crippen LogP) is 1.26. The van der Waals surface area contributed by atoms with Crippen LogP contribution in [-0.2, 0) is 11.3 Å². The van der Waals surface area contributed by atoms with Gasteiger partial charge in [0.2, 0.25) is 5.91 Å². The number of benzene rings is 1. The van der Waals surface area contributed by atoms with Gasteiger partial charge >= 0.3 is 35.5 Å². The maximum absolute atomic E-state index is 11.7. The van der Waals surface area contributed by atoms with E-state index in [4.69, 9.17) is 5.11 Å². The van der Waals surface area contributed by atoms with Crippen molar-refractivity contribution >= 4 is 11.9 Å². The summed E-state index contributed by atoms with van der Waals surface area (Å²) >= 11 is 0. The van der Waals surface area contributed by atoms with Crippen LogP contribution in [0.5, 0.6) is 0 Å². The van der Waals surface area contributed by atoms with Crippen LogP contribution in [0.2, 0.25) is 0 Å². The molecule has 0 fully saturated rings. The Hall–Kier alpha value is -0.840. The molecule has 0 saturated carbocycles. The van der Waals surface area contributed by atoms with E-state index in [1.165, 1.54) is 32.1 Å². The van der Waals surface area contributed by atoms with Gasteiger partial charge in [0.25, 0.3) is 0 Å².